The first-order chi connectivity index (χ1) is 6.52. The maximum atomic E-state index is 10.3. The minimum atomic E-state index is -0.991. The monoisotopic (exact) mass is 274 g/mol. The highest BCUT2D eigenvalue weighted by atomic mass is 79.9. The van der Waals surface area contributed by atoms with Crippen molar-refractivity contribution in [1.82, 2.24) is 0 Å². The molecule has 0 atom stereocenters. The first-order valence-corrected chi connectivity index (χ1v) is 5.05. The van der Waals surface area contributed by atoms with Crippen molar-refractivity contribution in [3.8, 4) is 0 Å². The Kier molecular flexibility index (Phi) is 3.72. The van der Waals surface area contributed by atoms with Gasteiger partial charge >= 0.3 is 5.97 Å². The van der Waals surface area contributed by atoms with Gasteiger partial charge in [-0.05, 0) is 24.6 Å². The molecule has 1 aromatic rings. The molecule has 4 heteroatoms. The van der Waals surface area contributed by atoms with Crippen LogP contribution in [0.2, 0.25) is 5.02 Å². The molecule has 0 bridgehead atoms. The van der Waals surface area contributed by atoms with Gasteiger partial charge in [-0.15, -0.1) is 0 Å². The molecule has 1 N–H and O–H groups in total. The van der Waals surface area contributed by atoms with Crippen LogP contribution in [0.25, 0.3) is 6.08 Å². The average molecular weight is 276 g/mol. The summed E-state index contributed by atoms with van der Waals surface area (Å²) in [5.41, 5.74) is 1.61. The van der Waals surface area contributed by atoms with Crippen LogP contribution in [-0.4, -0.2) is 11.1 Å². The highest BCUT2D eigenvalue weighted by Gasteiger charge is 2.04. The summed E-state index contributed by atoms with van der Waals surface area (Å²) >= 11 is 9.31. The molecule has 0 saturated carbocycles. The molecule has 1 rings (SSSR count). The zero-order valence-electron chi connectivity index (χ0n) is 7.42. The van der Waals surface area contributed by atoms with Gasteiger partial charge in [-0.2, -0.15) is 0 Å². The van der Waals surface area contributed by atoms with E-state index in [-0.39, 0.29) is 0 Å². The molecule has 0 spiro atoms. The fourth-order valence-corrected chi connectivity index (χ4v) is 1.79. The summed E-state index contributed by atoms with van der Waals surface area (Å²) in [5, 5.41) is 9.05. The summed E-state index contributed by atoms with van der Waals surface area (Å²) in [6.45, 7) is 1.87. The number of aliphatic carboxylic acids is 1. The molecular weight excluding hydrogens is 267 g/mol. The predicted molar refractivity (Wildman–Crippen MR) is 60.6 cm³/mol. The lowest BCUT2D eigenvalue weighted by Crippen LogP contribution is -1.88. The summed E-state index contributed by atoms with van der Waals surface area (Å²) in [5.74, 6) is -0.991. The van der Waals surface area contributed by atoms with Crippen LogP contribution in [0.3, 0.4) is 0 Å². The van der Waals surface area contributed by atoms with Crippen LogP contribution in [0.4, 0.5) is 0 Å². The van der Waals surface area contributed by atoms with Crippen molar-refractivity contribution >= 4 is 39.6 Å². The summed E-state index contributed by atoms with van der Waals surface area (Å²) in [6.07, 6.45) is 2.53. The molecule has 0 aliphatic carbocycles. The van der Waals surface area contributed by atoms with Crippen molar-refractivity contribution in [3.05, 3.63) is 38.8 Å². The Labute approximate surface area is 95.3 Å². The summed E-state index contributed by atoms with van der Waals surface area (Å²) < 4.78 is 0.783. The average Bonchev–Trinajstić information content (AvgIpc) is 2.11. The van der Waals surface area contributed by atoms with Gasteiger partial charge in [0.2, 0.25) is 0 Å². The molecule has 0 aliphatic heterocycles. The Hall–Kier alpha value is -0.800. The van der Waals surface area contributed by atoms with Gasteiger partial charge in [0.15, 0.2) is 0 Å². The van der Waals surface area contributed by atoms with Crippen LogP contribution in [0.15, 0.2) is 22.7 Å². The van der Waals surface area contributed by atoms with Gasteiger partial charge in [-0.25, -0.2) is 4.79 Å². The maximum Gasteiger partial charge on any atom is 0.328 e. The number of carbonyl (C=O) groups is 1. The van der Waals surface area contributed by atoms with Gasteiger partial charge in [0, 0.05) is 16.1 Å². The van der Waals surface area contributed by atoms with Gasteiger partial charge in [0.25, 0.3) is 0 Å². The molecule has 74 valence electrons. The van der Waals surface area contributed by atoms with E-state index >= 15 is 0 Å². The largest absolute Gasteiger partial charge is 0.478 e. The zero-order chi connectivity index (χ0) is 10.7. The molecule has 1 aromatic carbocycles. The van der Waals surface area contributed by atoms with Gasteiger partial charge in [-0.3, -0.25) is 0 Å². The van der Waals surface area contributed by atoms with E-state index in [2.05, 4.69) is 15.9 Å². The third-order valence-corrected chi connectivity index (χ3v) is 2.91. The summed E-state index contributed by atoms with van der Waals surface area (Å²) in [4.78, 5) is 10.3. The topological polar surface area (TPSA) is 37.3 Å². The zero-order valence-corrected chi connectivity index (χ0v) is 9.76. The second kappa shape index (κ2) is 4.62. The standard InChI is InChI=1S/C10H8BrClO2/c1-6-2-4-8(11)7(10(6)12)3-5-9(13)14/h2-5H,1H3,(H,13,14)/b5-3+. The van der Waals surface area contributed by atoms with Crippen molar-refractivity contribution in [2.45, 2.75) is 6.92 Å². The summed E-state index contributed by atoms with van der Waals surface area (Å²) in [7, 11) is 0. The Morgan fingerprint density at radius 3 is 2.79 bits per heavy atom. The first kappa shape index (κ1) is 11.3. The van der Waals surface area contributed by atoms with Crippen molar-refractivity contribution in [1.29, 1.82) is 0 Å². The molecule has 0 aliphatic rings. The predicted octanol–water partition coefficient (Wildman–Crippen LogP) is 3.51. The molecule has 0 amide bonds. The number of halogens is 2. The van der Waals surface area contributed by atoms with Crippen LogP contribution in [0.1, 0.15) is 11.1 Å². The number of benzene rings is 1. The molecular formula is C10H8BrClO2. The molecule has 0 unspecified atom stereocenters. The van der Waals surface area contributed by atoms with E-state index in [1.165, 1.54) is 6.08 Å². The van der Waals surface area contributed by atoms with E-state index in [9.17, 15) is 4.79 Å². The minimum Gasteiger partial charge on any atom is -0.478 e. The Balaban J connectivity index is 3.19. The van der Waals surface area contributed by atoms with E-state index in [4.69, 9.17) is 16.7 Å². The maximum absolute atomic E-state index is 10.3. The van der Waals surface area contributed by atoms with Crippen molar-refractivity contribution in [3.63, 3.8) is 0 Å². The lowest BCUT2D eigenvalue weighted by molar-refractivity contribution is -0.131. The molecule has 0 heterocycles. The first-order valence-electron chi connectivity index (χ1n) is 3.88. The molecule has 0 radical (unpaired) electrons. The van der Waals surface area contributed by atoms with Crippen molar-refractivity contribution in [2.75, 3.05) is 0 Å². The normalized spacial score (nSPS) is 10.8. The van der Waals surface area contributed by atoms with Gasteiger partial charge < -0.3 is 5.11 Å². The number of hydrogen-bond donors (Lipinski definition) is 1. The number of rotatable bonds is 2. The quantitative estimate of drug-likeness (QED) is 0.839. The van der Waals surface area contributed by atoms with E-state index in [1.54, 1.807) is 0 Å². The Morgan fingerprint density at radius 2 is 2.21 bits per heavy atom. The van der Waals surface area contributed by atoms with Crippen LogP contribution in [0.5, 0.6) is 0 Å². The minimum absolute atomic E-state index is 0.567. The third kappa shape index (κ3) is 2.59. The third-order valence-electron chi connectivity index (χ3n) is 1.71. The van der Waals surface area contributed by atoms with Gasteiger partial charge in [0.1, 0.15) is 0 Å². The molecule has 14 heavy (non-hydrogen) atoms. The van der Waals surface area contributed by atoms with Crippen LogP contribution in [-0.2, 0) is 4.79 Å². The van der Waals surface area contributed by atoms with E-state index < -0.39 is 5.97 Å². The molecule has 0 fully saturated rings. The van der Waals surface area contributed by atoms with Crippen molar-refractivity contribution < 1.29 is 9.90 Å². The lowest BCUT2D eigenvalue weighted by atomic mass is 10.1. The number of carboxylic acid groups (broad SMARTS) is 1. The molecule has 0 saturated heterocycles. The van der Waals surface area contributed by atoms with Crippen molar-refractivity contribution in [2.24, 2.45) is 0 Å². The SMILES string of the molecule is Cc1ccc(Br)c(/C=C/C(=O)O)c1Cl. The number of hydrogen-bond acceptors (Lipinski definition) is 1. The van der Waals surface area contributed by atoms with Crippen LogP contribution < -0.4 is 0 Å². The highest BCUT2D eigenvalue weighted by molar-refractivity contribution is 9.10. The second-order valence-electron chi connectivity index (χ2n) is 2.76. The Morgan fingerprint density at radius 1 is 1.57 bits per heavy atom. The summed E-state index contributed by atoms with van der Waals surface area (Å²) in [6, 6.07) is 3.70. The fraction of sp³-hybridized carbons (Fsp3) is 0.100. The van der Waals surface area contributed by atoms with Gasteiger partial charge in [0.05, 0.1) is 5.02 Å². The van der Waals surface area contributed by atoms with E-state index in [0.29, 0.717) is 10.6 Å². The van der Waals surface area contributed by atoms with E-state index in [0.717, 1.165) is 16.1 Å². The second-order valence-corrected chi connectivity index (χ2v) is 4.00. The van der Waals surface area contributed by atoms with Crippen LogP contribution >= 0.6 is 27.5 Å². The van der Waals surface area contributed by atoms with Gasteiger partial charge in [-0.1, -0.05) is 33.6 Å². The molecule has 0 aromatic heterocycles. The smallest absolute Gasteiger partial charge is 0.328 e. The number of aryl methyl sites for hydroxylation is 1. The Bertz CT molecular complexity index is 399. The fourth-order valence-electron chi connectivity index (χ4n) is 0.986. The van der Waals surface area contributed by atoms with E-state index in [1.807, 2.05) is 19.1 Å². The number of carboxylic acids is 1. The molecule has 2 nitrogen and oxygen atoms in total. The highest BCUT2D eigenvalue weighted by Crippen LogP contribution is 2.29. The van der Waals surface area contributed by atoms with Crippen LogP contribution in [0, 0.1) is 6.92 Å². The lowest BCUT2D eigenvalue weighted by Gasteiger charge is -2.04.